The summed E-state index contributed by atoms with van der Waals surface area (Å²) in [5.41, 5.74) is 0. The molecule has 0 saturated heterocycles. The second-order valence-electron chi connectivity index (χ2n) is 0. The Kier molecular flexibility index (Phi) is 10500. The zero-order valence-electron chi connectivity index (χ0n) is 2.53. The molecule has 0 aliphatic heterocycles. The van der Waals surface area contributed by atoms with Crippen molar-refractivity contribution in [2.45, 2.75) is 0 Å². The van der Waals surface area contributed by atoms with E-state index in [1.165, 1.54) is 0 Å². The maximum Gasteiger partial charge on any atom is 3.00 e. The average Bonchev–Trinajstić information content (AvgIpc) is 0. The SMILES string of the molecule is F.F.[F-].[F-].[F-].[La+3]. The van der Waals surface area contributed by atoms with E-state index in [0.29, 0.717) is 0 Å². The maximum absolute atomic E-state index is 0. The third-order valence-corrected chi connectivity index (χ3v) is 0. The molecule has 0 spiro atoms. The van der Waals surface area contributed by atoms with E-state index in [-0.39, 0.29) is 59.1 Å². The predicted molar refractivity (Wildman–Crippen MR) is 5.01 cm³/mol. The van der Waals surface area contributed by atoms with E-state index in [1.54, 1.807) is 0 Å². The molecule has 0 aromatic carbocycles. The van der Waals surface area contributed by atoms with Crippen molar-refractivity contribution in [2.24, 2.45) is 0 Å². The Morgan fingerprint density at radius 1 is 0.500 bits per heavy atom. The second kappa shape index (κ2) is 192. The third-order valence-electron chi connectivity index (χ3n) is 0. The van der Waals surface area contributed by atoms with Gasteiger partial charge in [-0.1, -0.05) is 0 Å². The van der Waals surface area contributed by atoms with Crippen LogP contribution < -0.4 is 14.1 Å². The Morgan fingerprint density at radius 3 is 0.500 bits per heavy atom. The minimum atomic E-state index is 0. The molecule has 0 amide bonds. The first-order valence-electron chi connectivity index (χ1n) is 0. The standard InChI is InChI=1S/5FH.La/h5*1H;/q;;;;;+3/p-3. The summed E-state index contributed by atoms with van der Waals surface area (Å²) in [7, 11) is 0. The Labute approximate surface area is 59.1 Å². The molecule has 0 heterocycles. The van der Waals surface area contributed by atoms with Crippen molar-refractivity contribution >= 4 is 0 Å². The molecule has 6 heteroatoms. The van der Waals surface area contributed by atoms with Crippen molar-refractivity contribution in [3.63, 3.8) is 0 Å². The van der Waals surface area contributed by atoms with Gasteiger partial charge in [0.25, 0.3) is 0 Å². The van der Waals surface area contributed by atoms with Crippen LogP contribution >= 0.6 is 0 Å². The molecule has 0 atom stereocenters. The second-order valence-corrected chi connectivity index (χ2v) is 0. The first kappa shape index (κ1) is 328. The van der Waals surface area contributed by atoms with Crippen LogP contribution in [0, 0.1) is 35.6 Å². The maximum atomic E-state index is 0. The normalized spacial score (nSPS) is 0. The molecule has 0 saturated carbocycles. The van der Waals surface area contributed by atoms with Crippen LogP contribution in [0.4, 0.5) is 9.41 Å². The van der Waals surface area contributed by atoms with Crippen molar-refractivity contribution < 1.29 is 59.1 Å². The van der Waals surface area contributed by atoms with Crippen molar-refractivity contribution in [1.82, 2.24) is 0 Å². The Balaban J connectivity index is 0. The first-order valence-corrected chi connectivity index (χ1v) is 0. The van der Waals surface area contributed by atoms with Crippen LogP contribution in [0.25, 0.3) is 0 Å². The quantitative estimate of drug-likeness (QED) is 0.366. The van der Waals surface area contributed by atoms with Gasteiger partial charge in [0.05, 0.1) is 0 Å². The summed E-state index contributed by atoms with van der Waals surface area (Å²) in [6, 6.07) is 0. The van der Waals surface area contributed by atoms with Gasteiger partial charge in [0, 0.05) is 0 Å². The van der Waals surface area contributed by atoms with E-state index >= 15 is 0 Å². The fraction of sp³-hybridized carbons (Fsp3) is 0. The van der Waals surface area contributed by atoms with Gasteiger partial charge in [-0.05, 0) is 0 Å². The summed E-state index contributed by atoms with van der Waals surface area (Å²) in [6.45, 7) is 0. The Morgan fingerprint density at radius 2 is 0.500 bits per heavy atom. The zero-order valence-corrected chi connectivity index (χ0v) is 6.15. The number of rotatable bonds is 0. The molecule has 0 fully saturated rings. The van der Waals surface area contributed by atoms with E-state index in [1.807, 2.05) is 0 Å². The average molecular weight is 236 g/mol. The molecule has 6 heavy (non-hydrogen) atoms. The van der Waals surface area contributed by atoms with Gasteiger partial charge < -0.3 is 14.1 Å². The van der Waals surface area contributed by atoms with Crippen LogP contribution in [0.3, 0.4) is 0 Å². The van der Waals surface area contributed by atoms with Crippen LogP contribution in [-0.4, -0.2) is 0 Å². The molecule has 0 aromatic heterocycles. The van der Waals surface area contributed by atoms with E-state index < -0.39 is 0 Å². The zero-order chi connectivity index (χ0) is 0. The topological polar surface area (TPSA) is 0 Å². The van der Waals surface area contributed by atoms with Gasteiger partial charge in [0.1, 0.15) is 0 Å². The van der Waals surface area contributed by atoms with E-state index in [0.717, 1.165) is 0 Å². The van der Waals surface area contributed by atoms with E-state index in [4.69, 9.17) is 0 Å². The first-order chi connectivity index (χ1) is 0. The van der Waals surface area contributed by atoms with Crippen molar-refractivity contribution in [2.75, 3.05) is 0 Å². The van der Waals surface area contributed by atoms with Gasteiger partial charge in [-0.25, -0.2) is 0 Å². The van der Waals surface area contributed by atoms with Crippen LogP contribution in [0.5, 0.6) is 0 Å². The van der Waals surface area contributed by atoms with Gasteiger partial charge >= 0.3 is 35.6 Å². The summed E-state index contributed by atoms with van der Waals surface area (Å²) in [4.78, 5) is 0. The monoisotopic (exact) mass is 236 g/mol. The molecular formula is H2F5La. The van der Waals surface area contributed by atoms with Crippen molar-refractivity contribution in [1.29, 1.82) is 0 Å². The largest absolute Gasteiger partial charge is 3.00 e. The molecule has 0 bridgehead atoms. The fourth-order valence-corrected chi connectivity index (χ4v) is 0. The molecule has 0 N–H and O–H groups in total. The molecular weight excluding hydrogens is 234 g/mol. The molecule has 0 radical (unpaired) electrons. The third kappa shape index (κ3) is 100. The Hall–Kier alpha value is 0.845. The molecule has 0 aromatic rings. The van der Waals surface area contributed by atoms with Crippen LogP contribution in [-0.2, 0) is 0 Å². The van der Waals surface area contributed by atoms with Crippen molar-refractivity contribution in [3.8, 4) is 0 Å². The van der Waals surface area contributed by atoms with Gasteiger partial charge in [-0.3, -0.25) is 9.41 Å². The molecule has 0 rings (SSSR count). The molecule has 0 aliphatic rings. The van der Waals surface area contributed by atoms with E-state index in [2.05, 4.69) is 0 Å². The summed E-state index contributed by atoms with van der Waals surface area (Å²) < 4.78 is 0. The number of halogens is 5. The molecule has 40 valence electrons. The number of hydrogen-bond donors (Lipinski definition) is 0. The predicted octanol–water partition coefficient (Wildman–Crippen LogP) is -8.68. The minimum absolute atomic E-state index is 0. The number of hydrogen-bond acceptors (Lipinski definition) is 0. The van der Waals surface area contributed by atoms with Gasteiger partial charge in [0.2, 0.25) is 0 Å². The summed E-state index contributed by atoms with van der Waals surface area (Å²) >= 11 is 0. The minimum Gasteiger partial charge on any atom is -1.00 e. The molecule has 0 aliphatic carbocycles. The van der Waals surface area contributed by atoms with Gasteiger partial charge in [-0.15, -0.1) is 0 Å². The Bertz CT molecular complexity index is 3.90. The van der Waals surface area contributed by atoms with E-state index in [9.17, 15) is 0 Å². The van der Waals surface area contributed by atoms with Gasteiger partial charge in [0.15, 0.2) is 0 Å². The summed E-state index contributed by atoms with van der Waals surface area (Å²) in [5, 5.41) is 0. The molecule has 0 unspecified atom stereocenters. The summed E-state index contributed by atoms with van der Waals surface area (Å²) in [6.07, 6.45) is 0. The van der Waals surface area contributed by atoms with Crippen LogP contribution in [0.2, 0.25) is 0 Å². The van der Waals surface area contributed by atoms with Crippen LogP contribution in [0.15, 0.2) is 0 Å². The molecule has 0 nitrogen and oxygen atoms in total. The van der Waals surface area contributed by atoms with Crippen LogP contribution in [0.1, 0.15) is 0 Å². The summed E-state index contributed by atoms with van der Waals surface area (Å²) in [5.74, 6) is 0. The fourth-order valence-electron chi connectivity index (χ4n) is 0. The van der Waals surface area contributed by atoms with Crippen molar-refractivity contribution in [3.05, 3.63) is 0 Å². The smallest absolute Gasteiger partial charge is 1.00 e. The van der Waals surface area contributed by atoms with Gasteiger partial charge in [-0.2, -0.15) is 0 Å².